The molecule has 1 aliphatic rings. The maximum absolute atomic E-state index is 12.1. The van der Waals surface area contributed by atoms with Gasteiger partial charge in [-0.25, -0.2) is 15.0 Å². The summed E-state index contributed by atoms with van der Waals surface area (Å²) in [5.74, 6) is -0.351. The number of nitrogens with one attached hydrogen (secondary N) is 1. The molecule has 3 aromatic rings. The van der Waals surface area contributed by atoms with Gasteiger partial charge in [-0.1, -0.05) is 54.6 Å². The number of cyclic esters (lactones) is 1. The fourth-order valence-corrected chi connectivity index (χ4v) is 3.27. The smallest absolute Gasteiger partial charge is 0.339 e. The summed E-state index contributed by atoms with van der Waals surface area (Å²) in [4.78, 5) is 23.2. The second kappa shape index (κ2) is 6.92. The molecule has 0 saturated heterocycles. The predicted octanol–water partition coefficient (Wildman–Crippen LogP) is 3.51. The summed E-state index contributed by atoms with van der Waals surface area (Å²) in [6.07, 6.45) is -0.143. The van der Waals surface area contributed by atoms with Crippen molar-refractivity contribution in [1.82, 2.24) is 5.43 Å². The number of carbonyl (C=O) groups excluding carboxylic acids is 2. The highest BCUT2D eigenvalue weighted by Gasteiger charge is 2.31. The first-order valence-corrected chi connectivity index (χ1v) is 8.53. The van der Waals surface area contributed by atoms with Gasteiger partial charge in [0.15, 0.2) is 0 Å². The molecule has 0 saturated carbocycles. The highest BCUT2D eigenvalue weighted by atomic mass is 16.5. The third kappa shape index (κ3) is 3.37. The fourth-order valence-electron chi connectivity index (χ4n) is 3.27. The van der Waals surface area contributed by atoms with Gasteiger partial charge in [0.05, 0.1) is 11.3 Å². The summed E-state index contributed by atoms with van der Waals surface area (Å²) >= 11 is 0. The molecule has 0 aromatic heterocycles. The zero-order chi connectivity index (χ0) is 18.8. The number of ether oxygens (including phenoxy) is 1. The Morgan fingerprint density at radius 3 is 2.59 bits per heavy atom. The van der Waals surface area contributed by atoms with Crippen LogP contribution in [0, 0.1) is 0 Å². The van der Waals surface area contributed by atoms with E-state index in [4.69, 9.17) is 10.5 Å². The molecule has 134 valence electrons. The Hall–Kier alpha value is -3.67. The van der Waals surface area contributed by atoms with Crippen molar-refractivity contribution >= 4 is 28.5 Å². The van der Waals surface area contributed by atoms with Crippen LogP contribution in [0.3, 0.4) is 0 Å². The summed E-state index contributed by atoms with van der Waals surface area (Å²) in [7, 11) is 0. The van der Waals surface area contributed by atoms with Crippen molar-refractivity contribution in [3.8, 4) is 0 Å². The molecule has 0 bridgehead atoms. The van der Waals surface area contributed by atoms with Crippen LogP contribution in [0.15, 0.2) is 71.8 Å². The topological polar surface area (TPSA) is 93.8 Å². The van der Waals surface area contributed by atoms with Crippen LogP contribution in [0.25, 0.3) is 10.8 Å². The molecule has 6 heteroatoms. The van der Waals surface area contributed by atoms with E-state index in [1.165, 1.54) is 0 Å². The third-order valence-electron chi connectivity index (χ3n) is 4.54. The van der Waals surface area contributed by atoms with Crippen LogP contribution >= 0.6 is 0 Å². The van der Waals surface area contributed by atoms with Crippen LogP contribution in [0.1, 0.15) is 34.0 Å². The first-order chi connectivity index (χ1) is 13.1. The fraction of sp³-hybridized carbons (Fsp3) is 0.0952. The first kappa shape index (κ1) is 16.8. The van der Waals surface area contributed by atoms with Crippen molar-refractivity contribution in [3.05, 3.63) is 83.4 Å². The average Bonchev–Trinajstić information content (AvgIpc) is 3.00. The number of nitrogens with zero attached hydrogens (tertiary/aromatic N) is 1. The maximum atomic E-state index is 12.1. The minimum Gasteiger partial charge on any atom is -0.453 e. The van der Waals surface area contributed by atoms with Crippen molar-refractivity contribution in [1.29, 1.82) is 0 Å². The van der Waals surface area contributed by atoms with E-state index in [9.17, 15) is 9.59 Å². The van der Waals surface area contributed by atoms with Gasteiger partial charge >= 0.3 is 12.0 Å². The Morgan fingerprint density at radius 2 is 1.78 bits per heavy atom. The normalized spacial score (nSPS) is 16.1. The molecule has 3 N–H and O–H groups in total. The zero-order valence-electron chi connectivity index (χ0n) is 14.4. The van der Waals surface area contributed by atoms with Crippen LogP contribution in [0.4, 0.5) is 4.79 Å². The van der Waals surface area contributed by atoms with Crippen molar-refractivity contribution < 1.29 is 14.3 Å². The molecule has 4 rings (SSSR count). The van der Waals surface area contributed by atoms with Crippen molar-refractivity contribution in [2.45, 2.75) is 12.5 Å². The Bertz CT molecular complexity index is 1070. The monoisotopic (exact) mass is 359 g/mol. The quantitative estimate of drug-likeness (QED) is 0.424. The second-order valence-electron chi connectivity index (χ2n) is 6.28. The first-order valence-electron chi connectivity index (χ1n) is 8.53. The summed E-state index contributed by atoms with van der Waals surface area (Å²) in [6.45, 7) is 0. The number of carbonyl (C=O) groups is 2. The molecule has 2 amide bonds. The van der Waals surface area contributed by atoms with Gasteiger partial charge < -0.3 is 10.5 Å². The molecule has 1 aliphatic heterocycles. The number of hydrogen-bond acceptors (Lipinski definition) is 4. The van der Waals surface area contributed by atoms with Gasteiger partial charge in [-0.2, -0.15) is 5.10 Å². The lowest BCUT2D eigenvalue weighted by atomic mass is 9.96. The van der Waals surface area contributed by atoms with Gasteiger partial charge in [0, 0.05) is 12.0 Å². The Labute approximate surface area is 155 Å². The lowest BCUT2D eigenvalue weighted by molar-refractivity contribution is 0.0400. The number of primary amides is 1. The maximum Gasteiger partial charge on any atom is 0.339 e. The van der Waals surface area contributed by atoms with Crippen molar-refractivity contribution in [2.24, 2.45) is 10.8 Å². The SMILES string of the molecule is NC(=O)N/N=C(/CC1OC(=O)c2ccccc21)c1ccc2ccccc2c1. The lowest BCUT2D eigenvalue weighted by Gasteiger charge is -2.14. The lowest BCUT2D eigenvalue weighted by Crippen LogP contribution is -2.26. The number of hydrazone groups is 1. The summed E-state index contributed by atoms with van der Waals surface area (Å²) in [5, 5.41) is 6.31. The van der Waals surface area contributed by atoms with Crippen molar-refractivity contribution in [3.63, 3.8) is 0 Å². The van der Waals surface area contributed by atoms with E-state index in [2.05, 4.69) is 10.5 Å². The number of rotatable bonds is 4. The molecule has 0 radical (unpaired) electrons. The van der Waals surface area contributed by atoms with E-state index in [1.807, 2.05) is 54.6 Å². The number of amides is 2. The summed E-state index contributed by atoms with van der Waals surface area (Å²) in [6, 6.07) is 20.4. The molecule has 0 fully saturated rings. The highest BCUT2D eigenvalue weighted by Crippen LogP contribution is 2.34. The third-order valence-corrected chi connectivity index (χ3v) is 4.54. The standard InChI is InChI=1S/C21H17N3O3/c22-21(26)24-23-18(15-10-9-13-5-1-2-6-14(13)11-15)12-19-16-7-3-4-8-17(16)20(25)27-19/h1-11,19H,12H2,(H3,22,24,26)/b23-18-. The van der Waals surface area contributed by atoms with Crippen LogP contribution < -0.4 is 11.2 Å². The number of fused-ring (bicyclic) bond motifs is 2. The van der Waals surface area contributed by atoms with Gasteiger partial charge in [0.2, 0.25) is 0 Å². The summed E-state index contributed by atoms with van der Waals surface area (Å²) < 4.78 is 5.51. The predicted molar refractivity (Wildman–Crippen MR) is 102 cm³/mol. The molecular formula is C21H17N3O3. The molecule has 3 aromatic carbocycles. The number of esters is 1. The summed E-state index contributed by atoms with van der Waals surface area (Å²) in [5.41, 5.74) is 10.2. The average molecular weight is 359 g/mol. The molecule has 27 heavy (non-hydrogen) atoms. The highest BCUT2D eigenvalue weighted by molar-refractivity contribution is 6.05. The minimum atomic E-state index is -0.753. The molecule has 6 nitrogen and oxygen atoms in total. The Morgan fingerprint density at radius 1 is 1.04 bits per heavy atom. The molecule has 1 atom stereocenters. The molecule has 0 spiro atoms. The van der Waals surface area contributed by atoms with E-state index in [1.54, 1.807) is 12.1 Å². The van der Waals surface area contributed by atoms with Crippen molar-refractivity contribution in [2.75, 3.05) is 0 Å². The number of hydrogen-bond donors (Lipinski definition) is 2. The van der Waals surface area contributed by atoms with E-state index in [-0.39, 0.29) is 5.97 Å². The van der Waals surface area contributed by atoms with Crippen LogP contribution in [0.5, 0.6) is 0 Å². The van der Waals surface area contributed by atoms with Gasteiger partial charge in [-0.3, -0.25) is 0 Å². The van der Waals surface area contributed by atoms with Crippen LogP contribution in [-0.2, 0) is 4.74 Å². The van der Waals surface area contributed by atoms with Gasteiger partial charge in [0.25, 0.3) is 0 Å². The van der Waals surface area contributed by atoms with E-state index >= 15 is 0 Å². The van der Waals surface area contributed by atoms with Crippen LogP contribution in [-0.4, -0.2) is 17.7 Å². The van der Waals surface area contributed by atoms with E-state index < -0.39 is 12.1 Å². The zero-order valence-corrected chi connectivity index (χ0v) is 14.4. The molecule has 1 heterocycles. The van der Waals surface area contributed by atoms with Gasteiger partial charge in [-0.15, -0.1) is 0 Å². The van der Waals surface area contributed by atoms with Crippen LogP contribution in [0.2, 0.25) is 0 Å². The number of urea groups is 1. The molecular weight excluding hydrogens is 342 g/mol. The Balaban J connectivity index is 1.70. The van der Waals surface area contributed by atoms with Gasteiger partial charge in [0.1, 0.15) is 6.10 Å². The van der Waals surface area contributed by atoms with Gasteiger partial charge in [-0.05, 0) is 28.5 Å². The minimum absolute atomic E-state index is 0.321. The molecule has 1 unspecified atom stereocenters. The second-order valence-corrected chi connectivity index (χ2v) is 6.28. The number of nitrogens with two attached hydrogens (primary N) is 1. The van der Waals surface area contributed by atoms with E-state index in [0.717, 1.165) is 21.9 Å². The number of benzene rings is 3. The van der Waals surface area contributed by atoms with E-state index in [0.29, 0.717) is 17.7 Å². The Kier molecular flexibility index (Phi) is 4.30. The molecule has 0 aliphatic carbocycles. The largest absolute Gasteiger partial charge is 0.453 e.